The molecule has 23 heavy (non-hydrogen) atoms. The lowest BCUT2D eigenvalue weighted by molar-refractivity contribution is -0.152. The van der Waals surface area contributed by atoms with Gasteiger partial charge in [0.05, 0.1) is 5.54 Å². The molecule has 5 nitrogen and oxygen atoms in total. The lowest BCUT2D eigenvalue weighted by Gasteiger charge is -2.32. The van der Waals surface area contributed by atoms with Gasteiger partial charge in [-0.05, 0) is 43.4 Å². The van der Waals surface area contributed by atoms with Crippen LogP contribution in [0.2, 0.25) is 5.02 Å². The fourth-order valence-electron chi connectivity index (χ4n) is 3.58. The molecule has 1 aromatic carbocycles. The van der Waals surface area contributed by atoms with Crippen LogP contribution in [-0.4, -0.2) is 29.2 Å². The van der Waals surface area contributed by atoms with E-state index in [0.29, 0.717) is 17.9 Å². The summed E-state index contributed by atoms with van der Waals surface area (Å²) in [7, 11) is 0. The maximum absolute atomic E-state index is 12.6. The number of ether oxygens (including phenoxy) is 1. The van der Waals surface area contributed by atoms with Crippen molar-refractivity contribution in [2.75, 3.05) is 0 Å². The van der Waals surface area contributed by atoms with Crippen molar-refractivity contribution >= 4 is 23.5 Å². The number of hydrogen-bond donors (Lipinski definition) is 2. The summed E-state index contributed by atoms with van der Waals surface area (Å²) < 4.78 is 5.36. The number of benzene rings is 1. The average Bonchev–Trinajstić information content (AvgIpc) is 3.17. The molecule has 1 aromatic rings. The van der Waals surface area contributed by atoms with Crippen LogP contribution in [0.3, 0.4) is 0 Å². The highest BCUT2D eigenvalue weighted by molar-refractivity contribution is 6.30. The molecule has 0 bridgehead atoms. The number of amides is 1. The molecule has 1 amide bonds. The van der Waals surface area contributed by atoms with E-state index < -0.39 is 23.7 Å². The summed E-state index contributed by atoms with van der Waals surface area (Å²) in [4.78, 5) is 23.5. The van der Waals surface area contributed by atoms with Crippen molar-refractivity contribution in [3.63, 3.8) is 0 Å². The van der Waals surface area contributed by atoms with Gasteiger partial charge in [0.2, 0.25) is 5.91 Å². The van der Waals surface area contributed by atoms with E-state index in [0.717, 1.165) is 31.2 Å². The number of hydrogen-bond acceptors (Lipinski definition) is 3. The van der Waals surface area contributed by atoms with Crippen LogP contribution in [0.25, 0.3) is 0 Å². The predicted octanol–water partition coefficient (Wildman–Crippen LogP) is 2.86. The molecular formula is C17H20ClNO4. The second-order valence-electron chi connectivity index (χ2n) is 6.32. The Balaban J connectivity index is 1.75. The Morgan fingerprint density at radius 1 is 1.22 bits per heavy atom. The third-order valence-electron chi connectivity index (χ3n) is 4.78. The Bertz CT molecular complexity index is 612. The Hall–Kier alpha value is -1.59. The third-order valence-corrected chi connectivity index (χ3v) is 5.02. The van der Waals surface area contributed by atoms with E-state index in [2.05, 4.69) is 5.32 Å². The molecule has 2 atom stereocenters. The maximum atomic E-state index is 12.6. The summed E-state index contributed by atoms with van der Waals surface area (Å²) >= 11 is 6.10. The molecular weight excluding hydrogens is 318 g/mol. The summed E-state index contributed by atoms with van der Waals surface area (Å²) in [6.07, 6.45) is 3.03. The van der Waals surface area contributed by atoms with Crippen LogP contribution in [0.5, 0.6) is 0 Å². The molecule has 0 unspecified atom stereocenters. The number of carbonyl (C=O) groups excluding carboxylic acids is 1. The Kier molecular flexibility index (Phi) is 4.60. The van der Waals surface area contributed by atoms with Gasteiger partial charge in [-0.25, -0.2) is 4.79 Å². The highest BCUT2D eigenvalue weighted by atomic mass is 35.5. The number of carboxylic acids is 1. The Morgan fingerprint density at radius 2 is 1.91 bits per heavy atom. The first-order chi connectivity index (χ1) is 11.0. The smallest absolute Gasteiger partial charge is 0.332 e. The molecule has 1 saturated carbocycles. The van der Waals surface area contributed by atoms with Gasteiger partial charge >= 0.3 is 5.97 Å². The number of aliphatic carboxylic acids is 1. The molecule has 1 saturated heterocycles. The van der Waals surface area contributed by atoms with Gasteiger partial charge in [0.25, 0.3) is 0 Å². The van der Waals surface area contributed by atoms with Crippen molar-refractivity contribution in [3.05, 3.63) is 34.9 Å². The largest absolute Gasteiger partial charge is 0.479 e. The van der Waals surface area contributed by atoms with Gasteiger partial charge in [-0.1, -0.05) is 36.6 Å². The molecule has 1 aliphatic heterocycles. The minimum atomic E-state index is -1.01. The first-order valence-electron chi connectivity index (χ1n) is 7.96. The highest BCUT2D eigenvalue weighted by Crippen LogP contribution is 2.40. The second-order valence-corrected chi connectivity index (χ2v) is 6.75. The van der Waals surface area contributed by atoms with E-state index in [1.54, 1.807) is 0 Å². The third kappa shape index (κ3) is 3.35. The van der Waals surface area contributed by atoms with Crippen LogP contribution in [-0.2, 0) is 19.9 Å². The van der Waals surface area contributed by atoms with Gasteiger partial charge < -0.3 is 15.2 Å². The van der Waals surface area contributed by atoms with Crippen molar-refractivity contribution in [2.24, 2.45) is 0 Å². The Morgan fingerprint density at radius 3 is 2.52 bits per heavy atom. The standard InChI is InChI=1S/C17H20ClNO4/c18-12-5-3-4-11(10-12)17(8-1-2-9-17)19-15(20)13-6-7-14(23-13)16(21)22/h3-5,10,13-14H,1-2,6-9H2,(H,19,20)(H,21,22)/t13-,14+/m0/s1. The molecule has 2 N–H and O–H groups in total. The van der Waals surface area contributed by atoms with E-state index in [9.17, 15) is 9.59 Å². The van der Waals surface area contributed by atoms with E-state index in [1.165, 1.54) is 0 Å². The quantitative estimate of drug-likeness (QED) is 0.885. The average molecular weight is 338 g/mol. The number of nitrogens with one attached hydrogen (secondary N) is 1. The van der Waals surface area contributed by atoms with Crippen LogP contribution in [0, 0.1) is 0 Å². The first kappa shape index (κ1) is 16.3. The molecule has 6 heteroatoms. The summed E-state index contributed by atoms with van der Waals surface area (Å²) in [5.41, 5.74) is 0.579. The van der Waals surface area contributed by atoms with Gasteiger partial charge in [0.15, 0.2) is 6.10 Å². The summed E-state index contributed by atoms with van der Waals surface area (Å²) in [5.74, 6) is -1.23. The molecule has 2 aliphatic rings. The van der Waals surface area contributed by atoms with E-state index in [1.807, 2.05) is 24.3 Å². The van der Waals surface area contributed by atoms with E-state index in [-0.39, 0.29) is 5.91 Å². The van der Waals surface area contributed by atoms with Crippen LogP contribution in [0.15, 0.2) is 24.3 Å². The molecule has 1 heterocycles. The monoisotopic (exact) mass is 337 g/mol. The SMILES string of the molecule is O=C(NC1(c2cccc(Cl)c2)CCCC1)[C@@H]1CC[C@H](C(=O)O)O1. The Labute approximate surface area is 140 Å². The lowest BCUT2D eigenvalue weighted by Crippen LogP contribution is -2.48. The minimum Gasteiger partial charge on any atom is -0.479 e. The van der Waals surface area contributed by atoms with Crippen molar-refractivity contribution in [1.82, 2.24) is 5.32 Å². The van der Waals surface area contributed by atoms with E-state index in [4.69, 9.17) is 21.4 Å². The minimum absolute atomic E-state index is 0.226. The lowest BCUT2D eigenvalue weighted by atomic mass is 9.87. The van der Waals surface area contributed by atoms with Gasteiger partial charge in [0, 0.05) is 5.02 Å². The van der Waals surface area contributed by atoms with Crippen LogP contribution >= 0.6 is 11.6 Å². The number of rotatable bonds is 4. The number of carboxylic acid groups (broad SMARTS) is 1. The van der Waals surface area contributed by atoms with Gasteiger partial charge in [0.1, 0.15) is 6.10 Å². The zero-order valence-corrected chi connectivity index (χ0v) is 13.5. The number of halogens is 1. The molecule has 1 aliphatic carbocycles. The van der Waals surface area contributed by atoms with Crippen molar-refractivity contribution < 1.29 is 19.4 Å². The normalized spacial score (nSPS) is 26.1. The first-order valence-corrected chi connectivity index (χ1v) is 8.34. The van der Waals surface area contributed by atoms with Crippen LogP contribution in [0.4, 0.5) is 0 Å². The molecule has 3 rings (SSSR count). The van der Waals surface area contributed by atoms with Gasteiger partial charge in [-0.3, -0.25) is 4.79 Å². The molecule has 124 valence electrons. The van der Waals surface area contributed by atoms with Crippen molar-refractivity contribution in [3.8, 4) is 0 Å². The molecule has 0 spiro atoms. The summed E-state index contributed by atoms with van der Waals surface area (Å²) in [6, 6.07) is 7.57. The second kappa shape index (κ2) is 6.49. The van der Waals surface area contributed by atoms with Crippen LogP contribution in [0.1, 0.15) is 44.1 Å². The van der Waals surface area contributed by atoms with Crippen molar-refractivity contribution in [2.45, 2.75) is 56.3 Å². The summed E-state index contributed by atoms with van der Waals surface area (Å²) in [6.45, 7) is 0. The molecule has 0 aromatic heterocycles. The fourth-order valence-corrected chi connectivity index (χ4v) is 3.77. The number of carbonyl (C=O) groups is 2. The zero-order chi connectivity index (χ0) is 16.4. The maximum Gasteiger partial charge on any atom is 0.332 e. The van der Waals surface area contributed by atoms with Gasteiger partial charge in [-0.15, -0.1) is 0 Å². The van der Waals surface area contributed by atoms with Crippen LogP contribution < -0.4 is 5.32 Å². The van der Waals surface area contributed by atoms with Crippen molar-refractivity contribution in [1.29, 1.82) is 0 Å². The predicted molar refractivity (Wildman–Crippen MR) is 85.3 cm³/mol. The van der Waals surface area contributed by atoms with E-state index >= 15 is 0 Å². The fraction of sp³-hybridized carbons (Fsp3) is 0.529. The zero-order valence-electron chi connectivity index (χ0n) is 12.8. The van der Waals surface area contributed by atoms with Gasteiger partial charge in [-0.2, -0.15) is 0 Å². The summed E-state index contributed by atoms with van der Waals surface area (Å²) in [5, 5.41) is 12.8. The topological polar surface area (TPSA) is 75.6 Å². The molecule has 2 fully saturated rings. The molecule has 0 radical (unpaired) electrons. The highest BCUT2D eigenvalue weighted by Gasteiger charge is 2.41.